The summed E-state index contributed by atoms with van der Waals surface area (Å²) in [7, 11) is 0. The van der Waals surface area contributed by atoms with Gasteiger partial charge in [0.15, 0.2) is 0 Å². The molecule has 142 valence electrons. The molecule has 0 unspecified atom stereocenters. The van der Waals surface area contributed by atoms with Crippen molar-refractivity contribution in [2.75, 3.05) is 5.75 Å². The second-order valence-corrected chi connectivity index (χ2v) is 8.32. The third kappa shape index (κ3) is 13.3. The number of hydrogen-bond acceptors (Lipinski definition) is 2. The van der Waals surface area contributed by atoms with Crippen LogP contribution in [0.5, 0.6) is 0 Å². The highest BCUT2D eigenvalue weighted by atomic mass is 32.1. The highest BCUT2D eigenvalue weighted by molar-refractivity contribution is 7.81. The van der Waals surface area contributed by atoms with Gasteiger partial charge < -0.3 is 0 Å². The molecule has 2 heteroatoms. The SMILES string of the molecule is O=C(CS)CC1CCCCCCCCCCCCCCCCCC1. The van der Waals surface area contributed by atoms with E-state index >= 15 is 0 Å². The van der Waals surface area contributed by atoms with E-state index < -0.39 is 0 Å². The van der Waals surface area contributed by atoms with Crippen molar-refractivity contribution in [1.82, 2.24) is 0 Å². The first-order chi connectivity index (χ1) is 11.8. The first kappa shape index (κ1) is 22.1. The van der Waals surface area contributed by atoms with Crippen LogP contribution in [0.4, 0.5) is 0 Å². The van der Waals surface area contributed by atoms with E-state index in [1.807, 2.05) is 0 Å². The predicted octanol–water partition coefficient (Wildman–Crippen LogP) is 7.53. The minimum atomic E-state index is 0.349. The van der Waals surface area contributed by atoms with Crippen LogP contribution < -0.4 is 0 Å². The van der Waals surface area contributed by atoms with Gasteiger partial charge in [-0.2, -0.15) is 12.6 Å². The van der Waals surface area contributed by atoms with E-state index in [9.17, 15) is 4.79 Å². The minimum absolute atomic E-state index is 0.349. The van der Waals surface area contributed by atoms with Gasteiger partial charge in [-0.25, -0.2) is 0 Å². The Morgan fingerprint density at radius 2 is 0.875 bits per heavy atom. The predicted molar refractivity (Wildman–Crippen MR) is 110 cm³/mol. The third-order valence-corrected chi connectivity index (χ3v) is 6.02. The smallest absolute Gasteiger partial charge is 0.142 e. The van der Waals surface area contributed by atoms with Crippen molar-refractivity contribution in [3.05, 3.63) is 0 Å². The molecule has 0 aliphatic heterocycles. The molecule has 1 rings (SSSR count). The van der Waals surface area contributed by atoms with Crippen LogP contribution >= 0.6 is 12.6 Å². The highest BCUT2D eigenvalue weighted by Gasteiger charge is 2.12. The van der Waals surface area contributed by atoms with Gasteiger partial charge in [0.05, 0.1) is 0 Å². The molecule has 0 aromatic rings. The van der Waals surface area contributed by atoms with Crippen molar-refractivity contribution in [1.29, 1.82) is 0 Å². The van der Waals surface area contributed by atoms with Crippen molar-refractivity contribution in [3.8, 4) is 0 Å². The fraction of sp³-hybridized carbons (Fsp3) is 0.955. The normalized spacial score (nSPS) is 22.2. The van der Waals surface area contributed by atoms with E-state index in [0.29, 0.717) is 17.5 Å². The summed E-state index contributed by atoms with van der Waals surface area (Å²) in [5.41, 5.74) is 0. The van der Waals surface area contributed by atoms with E-state index in [1.54, 1.807) is 0 Å². The molecule has 0 N–H and O–H groups in total. The van der Waals surface area contributed by atoms with Gasteiger partial charge in [-0.1, -0.05) is 116 Å². The van der Waals surface area contributed by atoms with Crippen LogP contribution in [0.2, 0.25) is 0 Å². The quantitative estimate of drug-likeness (QED) is 0.518. The molecule has 0 heterocycles. The van der Waals surface area contributed by atoms with E-state index in [4.69, 9.17) is 0 Å². The number of thiol groups is 1. The summed E-state index contributed by atoms with van der Waals surface area (Å²) in [6.45, 7) is 0. The molecule has 1 aliphatic carbocycles. The zero-order valence-corrected chi connectivity index (χ0v) is 17.0. The zero-order valence-electron chi connectivity index (χ0n) is 16.1. The monoisotopic (exact) mass is 354 g/mol. The minimum Gasteiger partial charge on any atom is -0.299 e. The van der Waals surface area contributed by atoms with Gasteiger partial charge in [0.25, 0.3) is 0 Å². The van der Waals surface area contributed by atoms with Gasteiger partial charge >= 0.3 is 0 Å². The summed E-state index contributed by atoms with van der Waals surface area (Å²) >= 11 is 4.16. The van der Waals surface area contributed by atoms with Crippen molar-refractivity contribution in [3.63, 3.8) is 0 Å². The van der Waals surface area contributed by atoms with Crippen LogP contribution in [0.3, 0.4) is 0 Å². The molecule has 0 bridgehead atoms. The lowest BCUT2D eigenvalue weighted by Gasteiger charge is -2.16. The maximum Gasteiger partial charge on any atom is 0.142 e. The van der Waals surface area contributed by atoms with Crippen molar-refractivity contribution in [2.45, 2.75) is 122 Å². The Kier molecular flexibility index (Phi) is 15.2. The Labute approximate surface area is 157 Å². The molecule has 24 heavy (non-hydrogen) atoms. The van der Waals surface area contributed by atoms with Gasteiger partial charge in [-0.15, -0.1) is 0 Å². The second kappa shape index (κ2) is 16.5. The van der Waals surface area contributed by atoms with Crippen molar-refractivity contribution in [2.24, 2.45) is 5.92 Å². The Morgan fingerprint density at radius 3 is 1.17 bits per heavy atom. The standard InChI is InChI=1S/C22H42OS/c23-22(20-24)19-21-17-15-13-11-9-7-5-3-1-2-4-6-8-10-12-14-16-18-21/h21,24H,1-20H2. The van der Waals surface area contributed by atoms with Crippen molar-refractivity contribution >= 4 is 18.4 Å². The Bertz CT molecular complexity index is 270. The van der Waals surface area contributed by atoms with Crippen LogP contribution in [0.25, 0.3) is 0 Å². The average Bonchev–Trinajstić information content (AvgIpc) is 2.59. The molecule has 0 atom stereocenters. The second-order valence-electron chi connectivity index (χ2n) is 8.00. The maximum atomic E-state index is 11.8. The molecular weight excluding hydrogens is 312 g/mol. The number of Topliss-reactive ketones (excluding diaryl/α,β-unsaturated/α-hetero) is 1. The van der Waals surface area contributed by atoms with Crippen LogP contribution in [-0.2, 0) is 4.79 Å². The average molecular weight is 355 g/mol. The summed E-state index contributed by atoms with van der Waals surface area (Å²) < 4.78 is 0. The van der Waals surface area contributed by atoms with Gasteiger partial charge in [0.2, 0.25) is 0 Å². The van der Waals surface area contributed by atoms with Gasteiger partial charge in [0, 0.05) is 12.2 Å². The highest BCUT2D eigenvalue weighted by Crippen LogP contribution is 2.23. The molecule has 1 aliphatic rings. The Morgan fingerprint density at radius 1 is 0.583 bits per heavy atom. The Balaban J connectivity index is 2.28. The number of ketones is 1. The van der Waals surface area contributed by atoms with Crippen LogP contribution in [0.15, 0.2) is 0 Å². The lowest BCUT2D eigenvalue weighted by atomic mass is 9.90. The lowest BCUT2D eigenvalue weighted by molar-refractivity contribution is -0.117. The molecule has 0 radical (unpaired) electrons. The molecule has 1 fully saturated rings. The van der Waals surface area contributed by atoms with Gasteiger partial charge in [-0.05, 0) is 5.92 Å². The number of rotatable bonds is 3. The first-order valence-corrected chi connectivity index (χ1v) is 11.6. The molecular formula is C22H42OS. The molecule has 0 amide bonds. The lowest BCUT2D eigenvalue weighted by Crippen LogP contribution is -2.10. The Hall–Kier alpha value is 0.0200. The fourth-order valence-electron chi connectivity index (χ4n) is 4.08. The van der Waals surface area contributed by atoms with E-state index in [-0.39, 0.29) is 0 Å². The summed E-state index contributed by atoms with van der Waals surface area (Å²) in [6, 6.07) is 0. The van der Waals surface area contributed by atoms with Crippen LogP contribution in [0.1, 0.15) is 122 Å². The molecule has 0 saturated heterocycles. The molecule has 0 aromatic heterocycles. The van der Waals surface area contributed by atoms with Crippen LogP contribution in [0, 0.1) is 5.92 Å². The maximum absolute atomic E-state index is 11.8. The number of carbonyl (C=O) groups excluding carboxylic acids is 1. The van der Waals surface area contributed by atoms with Gasteiger partial charge in [0.1, 0.15) is 5.78 Å². The van der Waals surface area contributed by atoms with E-state index in [2.05, 4.69) is 12.6 Å². The topological polar surface area (TPSA) is 17.1 Å². The van der Waals surface area contributed by atoms with Gasteiger partial charge in [-0.3, -0.25) is 4.79 Å². The largest absolute Gasteiger partial charge is 0.299 e. The van der Waals surface area contributed by atoms with Crippen molar-refractivity contribution < 1.29 is 4.79 Å². The third-order valence-electron chi connectivity index (χ3n) is 5.67. The summed E-state index contributed by atoms with van der Waals surface area (Å²) in [5.74, 6) is 1.41. The number of hydrogen-bond donors (Lipinski definition) is 1. The number of carbonyl (C=O) groups is 1. The zero-order chi connectivity index (χ0) is 17.3. The summed E-state index contributed by atoms with van der Waals surface area (Å²) in [5, 5.41) is 0. The van der Waals surface area contributed by atoms with E-state index in [0.717, 1.165) is 6.42 Å². The molecule has 0 spiro atoms. The fourth-order valence-corrected chi connectivity index (χ4v) is 4.20. The first-order valence-electron chi connectivity index (χ1n) is 11.0. The van der Waals surface area contributed by atoms with Crippen LogP contribution in [-0.4, -0.2) is 11.5 Å². The summed E-state index contributed by atoms with van der Waals surface area (Å²) in [6.07, 6.45) is 25.9. The molecule has 0 aromatic carbocycles. The summed E-state index contributed by atoms with van der Waals surface area (Å²) in [4.78, 5) is 11.8. The van der Waals surface area contributed by atoms with E-state index in [1.165, 1.54) is 116 Å². The molecule has 1 nitrogen and oxygen atoms in total. The molecule has 1 saturated carbocycles.